The lowest BCUT2D eigenvalue weighted by atomic mass is 9.77. The summed E-state index contributed by atoms with van der Waals surface area (Å²) >= 11 is 1.76. The van der Waals surface area contributed by atoms with Crippen LogP contribution in [0.15, 0.2) is 174 Å². The van der Waals surface area contributed by atoms with E-state index in [1.54, 1.807) is 11.3 Å². The number of nitrogens with zero attached hydrogens (tertiary/aromatic N) is 3. The summed E-state index contributed by atoms with van der Waals surface area (Å²) in [5.41, 5.74) is 14.5. The second-order valence-electron chi connectivity index (χ2n) is 14.4. The Kier molecular flexibility index (Phi) is 6.59. The first-order valence-electron chi connectivity index (χ1n) is 18.8. The van der Waals surface area contributed by atoms with Gasteiger partial charge in [-0.3, -0.25) is 0 Å². The Bertz CT molecular complexity index is 3300. The van der Waals surface area contributed by atoms with Crippen molar-refractivity contribution < 1.29 is 4.42 Å². The number of para-hydroxylation sites is 2. The molecule has 1 aliphatic carbocycles. The Balaban J connectivity index is 1.12. The van der Waals surface area contributed by atoms with Crippen LogP contribution in [0, 0.1) is 0 Å². The molecular formula is C50H31N3OS. The van der Waals surface area contributed by atoms with Gasteiger partial charge < -0.3 is 8.98 Å². The topological polar surface area (TPSA) is 43.9 Å². The Morgan fingerprint density at radius 3 is 2.20 bits per heavy atom. The molecule has 0 radical (unpaired) electrons. The molecule has 4 nitrogen and oxygen atoms in total. The molecule has 4 aromatic heterocycles. The van der Waals surface area contributed by atoms with Gasteiger partial charge in [0.25, 0.3) is 0 Å². The lowest BCUT2D eigenvalue weighted by Gasteiger charge is -2.28. The van der Waals surface area contributed by atoms with Crippen LogP contribution in [0.3, 0.4) is 0 Å². The smallest absolute Gasteiger partial charge is 0.161 e. The minimum Gasteiger partial charge on any atom is -0.454 e. The van der Waals surface area contributed by atoms with E-state index in [4.69, 9.17) is 14.4 Å². The first kappa shape index (κ1) is 30.6. The van der Waals surface area contributed by atoms with Gasteiger partial charge in [-0.1, -0.05) is 146 Å². The highest BCUT2D eigenvalue weighted by molar-refractivity contribution is 7.26. The maximum atomic E-state index is 6.97. The third kappa shape index (κ3) is 4.51. The first-order chi connectivity index (χ1) is 27.3. The summed E-state index contributed by atoms with van der Waals surface area (Å²) in [6, 6.07) is 60.6. The Morgan fingerprint density at radius 1 is 0.600 bits per heavy atom. The minimum atomic E-state index is 0.230. The predicted octanol–water partition coefficient (Wildman–Crippen LogP) is 13.4. The molecule has 1 atom stereocenters. The summed E-state index contributed by atoms with van der Waals surface area (Å²) in [5.74, 6) is 0.924. The molecule has 1 aliphatic rings. The van der Waals surface area contributed by atoms with Crippen molar-refractivity contribution in [2.24, 2.45) is 0 Å². The van der Waals surface area contributed by atoms with E-state index in [1.807, 2.05) is 0 Å². The fraction of sp³-hybridized carbons (Fsp3) is 0.0400. The van der Waals surface area contributed by atoms with E-state index in [9.17, 15) is 0 Å². The fourth-order valence-corrected chi connectivity index (χ4v) is 10.2. The number of fused-ring (bicyclic) bond motifs is 11. The number of rotatable bonds is 4. The molecule has 11 aromatic rings. The van der Waals surface area contributed by atoms with E-state index >= 15 is 0 Å². The highest BCUT2D eigenvalue weighted by Gasteiger charge is 2.32. The van der Waals surface area contributed by atoms with Crippen LogP contribution >= 0.6 is 11.3 Å². The second kappa shape index (κ2) is 11.8. The van der Waals surface area contributed by atoms with Crippen molar-refractivity contribution in [3.63, 3.8) is 0 Å². The van der Waals surface area contributed by atoms with Crippen molar-refractivity contribution in [2.75, 3.05) is 0 Å². The van der Waals surface area contributed by atoms with Gasteiger partial charge in [0.05, 0.1) is 27.1 Å². The molecule has 5 heteroatoms. The number of aromatic nitrogens is 3. The lowest BCUT2D eigenvalue weighted by Crippen LogP contribution is -2.15. The van der Waals surface area contributed by atoms with Crippen LogP contribution in [-0.2, 0) is 6.42 Å². The summed E-state index contributed by atoms with van der Waals surface area (Å²) in [7, 11) is 0. The van der Waals surface area contributed by atoms with Gasteiger partial charge in [-0.25, -0.2) is 9.97 Å². The summed E-state index contributed by atoms with van der Waals surface area (Å²) in [5, 5.41) is 4.47. The highest BCUT2D eigenvalue weighted by atomic mass is 32.1. The highest BCUT2D eigenvalue weighted by Crippen LogP contribution is 2.49. The third-order valence-electron chi connectivity index (χ3n) is 11.4. The van der Waals surface area contributed by atoms with Gasteiger partial charge in [0, 0.05) is 54.5 Å². The average Bonchev–Trinajstić information content (AvgIpc) is 3.93. The molecule has 1 unspecified atom stereocenters. The molecular weight excluding hydrogens is 691 g/mol. The van der Waals surface area contributed by atoms with Crippen LogP contribution < -0.4 is 0 Å². The van der Waals surface area contributed by atoms with Crippen LogP contribution in [0.5, 0.6) is 0 Å². The maximum absolute atomic E-state index is 6.97. The zero-order valence-electron chi connectivity index (χ0n) is 29.6. The van der Waals surface area contributed by atoms with Gasteiger partial charge in [-0.15, -0.1) is 11.3 Å². The molecule has 0 amide bonds. The normalized spacial score (nSPS) is 13.9. The van der Waals surface area contributed by atoms with E-state index in [1.165, 1.54) is 43.6 Å². The van der Waals surface area contributed by atoms with Crippen LogP contribution in [0.1, 0.15) is 22.7 Å². The molecule has 258 valence electrons. The van der Waals surface area contributed by atoms with E-state index in [2.05, 4.69) is 174 Å². The third-order valence-corrected chi connectivity index (χ3v) is 12.6. The van der Waals surface area contributed by atoms with E-state index in [0.717, 1.165) is 66.5 Å². The Morgan fingerprint density at radius 2 is 1.31 bits per heavy atom. The van der Waals surface area contributed by atoms with Gasteiger partial charge in [0.1, 0.15) is 5.58 Å². The number of benzene rings is 7. The average molecular weight is 722 g/mol. The van der Waals surface area contributed by atoms with Crippen molar-refractivity contribution in [1.82, 2.24) is 14.5 Å². The monoisotopic (exact) mass is 721 g/mol. The quantitative estimate of drug-likeness (QED) is 0.182. The number of hydrogen-bond donors (Lipinski definition) is 0. The summed E-state index contributed by atoms with van der Waals surface area (Å²) in [6.45, 7) is 0. The largest absolute Gasteiger partial charge is 0.454 e. The Hall–Kier alpha value is -6.82. The number of hydrogen-bond acceptors (Lipinski definition) is 4. The van der Waals surface area contributed by atoms with Crippen LogP contribution in [0.25, 0.3) is 92.6 Å². The lowest BCUT2D eigenvalue weighted by molar-refractivity contribution is 0.663. The molecule has 12 rings (SSSR count). The van der Waals surface area contributed by atoms with Gasteiger partial charge in [0.2, 0.25) is 0 Å². The summed E-state index contributed by atoms with van der Waals surface area (Å²) in [6.07, 6.45) is 0.873. The number of thiophene rings is 1. The molecule has 7 aromatic carbocycles. The van der Waals surface area contributed by atoms with E-state index in [0.29, 0.717) is 5.82 Å². The minimum absolute atomic E-state index is 0.230. The molecule has 0 fully saturated rings. The van der Waals surface area contributed by atoms with Crippen molar-refractivity contribution in [3.05, 3.63) is 187 Å². The number of furan rings is 1. The van der Waals surface area contributed by atoms with Crippen LogP contribution in [-0.4, -0.2) is 14.5 Å². The van der Waals surface area contributed by atoms with E-state index < -0.39 is 0 Å². The predicted molar refractivity (Wildman–Crippen MR) is 227 cm³/mol. The Labute approximate surface area is 320 Å². The molecule has 0 saturated heterocycles. The molecule has 0 N–H and O–H groups in total. The summed E-state index contributed by atoms with van der Waals surface area (Å²) in [4.78, 5) is 10.7. The molecule has 0 saturated carbocycles. The first-order valence-corrected chi connectivity index (χ1v) is 19.6. The fourth-order valence-electron chi connectivity index (χ4n) is 9.07. The molecule has 55 heavy (non-hydrogen) atoms. The van der Waals surface area contributed by atoms with Gasteiger partial charge in [0.15, 0.2) is 11.4 Å². The van der Waals surface area contributed by atoms with Gasteiger partial charge in [-0.05, 0) is 47.4 Å². The zero-order chi connectivity index (χ0) is 36.0. The van der Waals surface area contributed by atoms with Crippen molar-refractivity contribution in [2.45, 2.75) is 12.3 Å². The second-order valence-corrected chi connectivity index (χ2v) is 15.5. The SMILES string of the molecule is c1ccc(-c2nc(-c3cccc4oc5c(-n6c7c(c8ccccc86)-c6ccccc6C(c6ccccc6)C7)cccc5c34)nc3c2sc2ccccc23)cc1. The van der Waals surface area contributed by atoms with Gasteiger partial charge >= 0.3 is 0 Å². The van der Waals surface area contributed by atoms with Crippen molar-refractivity contribution in [3.8, 4) is 39.5 Å². The zero-order valence-corrected chi connectivity index (χ0v) is 30.4. The van der Waals surface area contributed by atoms with Crippen LogP contribution in [0.2, 0.25) is 0 Å². The van der Waals surface area contributed by atoms with Crippen molar-refractivity contribution in [1.29, 1.82) is 0 Å². The summed E-state index contributed by atoms with van der Waals surface area (Å²) < 4.78 is 11.7. The maximum Gasteiger partial charge on any atom is 0.161 e. The molecule has 0 aliphatic heterocycles. The molecule has 0 bridgehead atoms. The van der Waals surface area contributed by atoms with E-state index in [-0.39, 0.29) is 5.92 Å². The van der Waals surface area contributed by atoms with Crippen molar-refractivity contribution >= 4 is 64.5 Å². The van der Waals surface area contributed by atoms with Crippen LogP contribution in [0.4, 0.5) is 0 Å². The standard InChI is InChI=1S/C50H31N3OS/c1-3-15-30(16-4-1)38-29-41-44(33-20-8-7-19-32(33)38)34-21-9-11-25-39(34)53(41)40-26-13-23-36-45-37(24-14-27-42(45)54-48(36)40)50-51-46(31-17-5-2-6-18-31)49-47(52-50)35-22-10-12-28-43(35)55-49/h1-28,38H,29H2. The molecule has 4 heterocycles. The molecule has 0 spiro atoms. The van der Waals surface area contributed by atoms with Gasteiger partial charge in [-0.2, -0.15) is 0 Å².